The van der Waals surface area contributed by atoms with Gasteiger partial charge in [0.15, 0.2) is 5.78 Å². The third-order valence-corrected chi connectivity index (χ3v) is 2.47. The predicted molar refractivity (Wildman–Crippen MR) is 63.0 cm³/mol. The van der Waals surface area contributed by atoms with Gasteiger partial charge in [0.2, 0.25) is 0 Å². The van der Waals surface area contributed by atoms with Crippen LogP contribution in [-0.4, -0.2) is 25.6 Å². The van der Waals surface area contributed by atoms with Crippen molar-refractivity contribution in [3.63, 3.8) is 0 Å². The van der Waals surface area contributed by atoms with Gasteiger partial charge in [0.25, 0.3) is 0 Å². The molecule has 17 heavy (non-hydrogen) atoms. The topological polar surface area (TPSA) is 35.5 Å². The van der Waals surface area contributed by atoms with Crippen molar-refractivity contribution in [1.82, 2.24) is 0 Å². The van der Waals surface area contributed by atoms with E-state index in [2.05, 4.69) is 0 Å². The first-order valence-corrected chi connectivity index (χ1v) is 5.63. The van der Waals surface area contributed by atoms with Gasteiger partial charge in [-0.05, 0) is 25.5 Å². The number of carbonyl (C=O) groups is 1. The summed E-state index contributed by atoms with van der Waals surface area (Å²) in [6, 6.07) is 4.19. The Morgan fingerprint density at radius 1 is 1.41 bits per heavy atom. The minimum Gasteiger partial charge on any atom is -0.497 e. The van der Waals surface area contributed by atoms with Crippen LogP contribution in [0.25, 0.3) is 0 Å². The average molecular weight is 240 g/mol. The zero-order valence-electron chi connectivity index (χ0n) is 10.3. The first-order valence-electron chi connectivity index (χ1n) is 5.63. The number of halogens is 1. The molecule has 0 aliphatic heterocycles. The van der Waals surface area contributed by atoms with Crippen molar-refractivity contribution in [2.45, 2.75) is 26.4 Å². The Morgan fingerprint density at radius 3 is 2.59 bits per heavy atom. The lowest BCUT2D eigenvalue weighted by Gasteiger charge is -2.14. The maximum Gasteiger partial charge on any atom is 0.194 e. The first-order chi connectivity index (χ1) is 8.13. The summed E-state index contributed by atoms with van der Waals surface area (Å²) in [5.74, 6) is -0.509. The average Bonchev–Trinajstić information content (AvgIpc) is 2.35. The molecule has 0 fully saturated rings. The molecule has 1 aromatic carbocycles. The van der Waals surface area contributed by atoms with Gasteiger partial charge in [-0.2, -0.15) is 0 Å². The quantitative estimate of drug-likeness (QED) is 0.717. The van der Waals surface area contributed by atoms with Gasteiger partial charge in [0.05, 0.1) is 12.7 Å². The van der Waals surface area contributed by atoms with E-state index >= 15 is 0 Å². The minimum atomic E-state index is -0.581. The summed E-state index contributed by atoms with van der Waals surface area (Å²) < 4.78 is 23.8. The Balaban J connectivity index is 2.95. The van der Waals surface area contributed by atoms with E-state index in [0.717, 1.165) is 0 Å². The molecule has 0 aromatic heterocycles. The van der Waals surface area contributed by atoms with Crippen molar-refractivity contribution in [3.8, 4) is 5.75 Å². The molecule has 0 aliphatic carbocycles. The molecule has 0 aliphatic rings. The predicted octanol–water partition coefficient (Wildman–Crippen LogP) is 2.83. The maximum atomic E-state index is 13.7. The zero-order chi connectivity index (χ0) is 12.8. The molecule has 0 N–H and O–H groups in total. The molecule has 1 unspecified atom stereocenters. The fourth-order valence-electron chi connectivity index (χ4n) is 1.58. The first kappa shape index (κ1) is 13.6. The van der Waals surface area contributed by atoms with Gasteiger partial charge in [-0.15, -0.1) is 0 Å². The Bertz CT molecular complexity index is 390. The van der Waals surface area contributed by atoms with E-state index in [-0.39, 0.29) is 11.3 Å². The molecule has 4 heteroatoms. The molecule has 0 heterocycles. The van der Waals surface area contributed by atoms with Crippen LogP contribution in [0.5, 0.6) is 5.75 Å². The van der Waals surface area contributed by atoms with Crippen LogP contribution in [0, 0.1) is 5.82 Å². The van der Waals surface area contributed by atoms with Gasteiger partial charge >= 0.3 is 0 Å². The summed E-state index contributed by atoms with van der Waals surface area (Å²) in [6.45, 7) is 4.07. The molecule has 1 atom stereocenters. The number of ketones is 1. The van der Waals surface area contributed by atoms with Crippen molar-refractivity contribution in [2.24, 2.45) is 0 Å². The monoisotopic (exact) mass is 240 g/mol. The van der Waals surface area contributed by atoms with Crippen molar-refractivity contribution in [2.75, 3.05) is 13.7 Å². The van der Waals surface area contributed by atoms with Gasteiger partial charge in [-0.25, -0.2) is 4.39 Å². The van der Waals surface area contributed by atoms with Crippen LogP contribution in [0.4, 0.5) is 4.39 Å². The molecule has 0 bridgehead atoms. The number of hydrogen-bond donors (Lipinski definition) is 0. The SMILES string of the molecule is CCOC(CC)C(=O)c1ccc(OC)cc1F. The van der Waals surface area contributed by atoms with Crippen molar-refractivity contribution < 1.29 is 18.7 Å². The number of ether oxygens (including phenoxy) is 2. The van der Waals surface area contributed by atoms with Crippen molar-refractivity contribution in [3.05, 3.63) is 29.6 Å². The number of rotatable bonds is 6. The highest BCUT2D eigenvalue weighted by Crippen LogP contribution is 2.19. The third-order valence-electron chi connectivity index (χ3n) is 2.47. The highest BCUT2D eigenvalue weighted by Gasteiger charge is 2.21. The molecule has 0 saturated heterocycles. The van der Waals surface area contributed by atoms with Crippen LogP contribution < -0.4 is 4.74 Å². The Kier molecular flexibility index (Phi) is 5.10. The molecular weight excluding hydrogens is 223 g/mol. The molecule has 0 radical (unpaired) electrons. The lowest BCUT2D eigenvalue weighted by atomic mass is 10.0. The molecule has 0 saturated carbocycles. The number of Topliss-reactive ketones (excluding diaryl/α,β-unsaturated/α-hetero) is 1. The summed E-state index contributed by atoms with van der Waals surface area (Å²) >= 11 is 0. The number of methoxy groups -OCH3 is 1. The van der Waals surface area contributed by atoms with Crippen LogP contribution in [0.3, 0.4) is 0 Å². The van der Waals surface area contributed by atoms with E-state index in [0.29, 0.717) is 18.8 Å². The van der Waals surface area contributed by atoms with Crippen LogP contribution in [0.1, 0.15) is 30.6 Å². The van der Waals surface area contributed by atoms with Gasteiger partial charge in [0.1, 0.15) is 17.7 Å². The van der Waals surface area contributed by atoms with E-state index in [9.17, 15) is 9.18 Å². The Labute approximate surface area is 101 Å². The standard InChI is InChI=1S/C13H17FO3/c1-4-12(17-5-2)13(15)10-7-6-9(16-3)8-11(10)14/h6-8,12H,4-5H2,1-3H3. The van der Waals surface area contributed by atoms with E-state index in [1.807, 2.05) is 6.92 Å². The zero-order valence-corrected chi connectivity index (χ0v) is 10.3. The lowest BCUT2D eigenvalue weighted by molar-refractivity contribution is 0.0440. The highest BCUT2D eigenvalue weighted by atomic mass is 19.1. The van der Waals surface area contributed by atoms with Gasteiger partial charge in [0, 0.05) is 12.7 Å². The summed E-state index contributed by atoms with van der Waals surface area (Å²) in [5, 5.41) is 0. The third kappa shape index (κ3) is 3.27. The molecule has 1 rings (SSSR count). The molecule has 0 amide bonds. The summed E-state index contributed by atoms with van der Waals surface area (Å²) in [7, 11) is 1.45. The summed E-state index contributed by atoms with van der Waals surface area (Å²) in [5.41, 5.74) is 0.0473. The second-order valence-corrected chi connectivity index (χ2v) is 3.56. The second-order valence-electron chi connectivity index (χ2n) is 3.56. The van der Waals surface area contributed by atoms with Crippen LogP contribution in [0.15, 0.2) is 18.2 Å². The second kappa shape index (κ2) is 6.35. The van der Waals surface area contributed by atoms with Crippen molar-refractivity contribution in [1.29, 1.82) is 0 Å². The number of benzene rings is 1. The van der Waals surface area contributed by atoms with Crippen LogP contribution in [-0.2, 0) is 4.74 Å². The summed E-state index contributed by atoms with van der Waals surface area (Å²) in [4.78, 5) is 12.0. The smallest absolute Gasteiger partial charge is 0.194 e. The van der Waals surface area contributed by atoms with Crippen molar-refractivity contribution >= 4 is 5.78 Å². The highest BCUT2D eigenvalue weighted by molar-refractivity contribution is 5.99. The normalized spacial score (nSPS) is 12.2. The van der Waals surface area contributed by atoms with Gasteiger partial charge in [-0.3, -0.25) is 4.79 Å². The van der Waals surface area contributed by atoms with E-state index in [1.54, 1.807) is 13.0 Å². The number of carbonyl (C=O) groups excluding carboxylic acids is 1. The lowest BCUT2D eigenvalue weighted by Crippen LogP contribution is -2.24. The summed E-state index contributed by atoms with van der Waals surface area (Å²) in [6.07, 6.45) is -0.0547. The van der Waals surface area contributed by atoms with Crippen LogP contribution >= 0.6 is 0 Å². The van der Waals surface area contributed by atoms with Gasteiger partial charge < -0.3 is 9.47 Å². The van der Waals surface area contributed by atoms with Crippen LogP contribution in [0.2, 0.25) is 0 Å². The molecule has 1 aromatic rings. The fraction of sp³-hybridized carbons (Fsp3) is 0.462. The molecular formula is C13H17FO3. The minimum absolute atomic E-state index is 0.0473. The Morgan fingerprint density at radius 2 is 2.12 bits per heavy atom. The van der Waals surface area contributed by atoms with E-state index in [1.165, 1.54) is 19.2 Å². The van der Waals surface area contributed by atoms with E-state index < -0.39 is 11.9 Å². The Hall–Kier alpha value is -1.42. The molecule has 0 spiro atoms. The fourth-order valence-corrected chi connectivity index (χ4v) is 1.58. The maximum absolute atomic E-state index is 13.7. The largest absolute Gasteiger partial charge is 0.497 e. The van der Waals surface area contributed by atoms with Gasteiger partial charge in [-0.1, -0.05) is 6.92 Å². The molecule has 94 valence electrons. The number of hydrogen-bond acceptors (Lipinski definition) is 3. The van der Waals surface area contributed by atoms with E-state index in [4.69, 9.17) is 9.47 Å². The molecule has 3 nitrogen and oxygen atoms in total.